The highest BCUT2D eigenvalue weighted by Crippen LogP contribution is 2.22. The molecule has 28 heavy (non-hydrogen) atoms. The van der Waals surface area contributed by atoms with E-state index >= 15 is 0 Å². The number of carbonyl (C=O) groups is 1. The Balaban J connectivity index is 1.46. The Kier molecular flexibility index (Phi) is 6.69. The Hall–Kier alpha value is -1.96. The molecule has 2 aromatic carbocycles. The number of piperidine rings is 1. The van der Waals surface area contributed by atoms with Crippen LogP contribution < -0.4 is 4.72 Å². The molecule has 8 heteroatoms. The molecule has 0 aliphatic carbocycles. The summed E-state index contributed by atoms with van der Waals surface area (Å²) in [7, 11) is -3.58. The van der Waals surface area contributed by atoms with Crippen LogP contribution in [0.1, 0.15) is 29.6 Å². The predicted octanol–water partition coefficient (Wildman–Crippen LogP) is 3.70. The van der Waals surface area contributed by atoms with E-state index in [0.29, 0.717) is 42.6 Å². The first-order valence-electron chi connectivity index (χ1n) is 9.15. The number of nitrogens with one attached hydrogen (secondary N) is 1. The van der Waals surface area contributed by atoms with Crippen LogP contribution in [0.25, 0.3) is 0 Å². The average molecular weight is 425 g/mol. The fourth-order valence-corrected chi connectivity index (χ4v) is 4.66. The van der Waals surface area contributed by atoms with Gasteiger partial charge in [0, 0.05) is 30.2 Å². The zero-order chi connectivity index (χ0) is 20.1. The molecule has 1 fully saturated rings. The molecule has 1 heterocycles. The maximum Gasteiger partial charge on any atom is 0.253 e. The third-order valence-corrected chi connectivity index (χ3v) is 6.64. The molecule has 0 aromatic heterocycles. The molecule has 1 N–H and O–H groups in total. The SMILES string of the molecule is O=C(c1ccc(F)cc1)N1CCC(CCNS(=O)(=O)c2cccc(Cl)c2)CC1. The topological polar surface area (TPSA) is 66.5 Å². The number of nitrogens with zero attached hydrogens (tertiary/aromatic N) is 1. The fraction of sp³-hybridized carbons (Fsp3) is 0.350. The van der Waals surface area contributed by atoms with Gasteiger partial charge in [-0.2, -0.15) is 0 Å². The minimum atomic E-state index is -3.58. The normalized spacial score (nSPS) is 15.6. The molecule has 0 bridgehead atoms. The molecule has 1 amide bonds. The van der Waals surface area contributed by atoms with Crippen LogP contribution in [0.4, 0.5) is 4.39 Å². The fourth-order valence-electron chi connectivity index (χ4n) is 3.31. The van der Waals surface area contributed by atoms with E-state index in [1.165, 1.54) is 36.4 Å². The van der Waals surface area contributed by atoms with Crippen molar-refractivity contribution in [1.82, 2.24) is 9.62 Å². The van der Waals surface area contributed by atoms with Crippen LogP contribution in [0, 0.1) is 11.7 Å². The zero-order valence-electron chi connectivity index (χ0n) is 15.3. The van der Waals surface area contributed by atoms with Crippen LogP contribution in [0.15, 0.2) is 53.4 Å². The minimum Gasteiger partial charge on any atom is -0.339 e. The van der Waals surface area contributed by atoms with E-state index in [2.05, 4.69) is 4.72 Å². The van der Waals surface area contributed by atoms with Gasteiger partial charge in [0.05, 0.1) is 4.90 Å². The van der Waals surface area contributed by atoms with E-state index in [4.69, 9.17) is 11.6 Å². The second kappa shape index (κ2) is 9.03. The van der Waals surface area contributed by atoms with Crippen LogP contribution in [-0.4, -0.2) is 38.9 Å². The summed E-state index contributed by atoms with van der Waals surface area (Å²) in [6, 6.07) is 11.7. The summed E-state index contributed by atoms with van der Waals surface area (Å²) in [4.78, 5) is 14.4. The third-order valence-electron chi connectivity index (χ3n) is 4.94. The first-order chi connectivity index (χ1) is 13.3. The number of sulfonamides is 1. The van der Waals surface area contributed by atoms with Crippen LogP contribution in [-0.2, 0) is 10.0 Å². The zero-order valence-corrected chi connectivity index (χ0v) is 16.8. The van der Waals surface area contributed by atoms with Gasteiger partial charge < -0.3 is 4.90 Å². The minimum absolute atomic E-state index is 0.0971. The number of hydrogen-bond acceptors (Lipinski definition) is 3. The van der Waals surface area contributed by atoms with E-state index < -0.39 is 10.0 Å². The molecule has 150 valence electrons. The number of amides is 1. The lowest BCUT2D eigenvalue weighted by Crippen LogP contribution is -2.39. The smallest absolute Gasteiger partial charge is 0.253 e. The highest BCUT2D eigenvalue weighted by atomic mass is 35.5. The van der Waals surface area contributed by atoms with Crippen LogP contribution in [0.2, 0.25) is 5.02 Å². The van der Waals surface area contributed by atoms with Crippen molar-refractivity contribution in [1.29, 1.82) is 0 Å². The second-order valence-corrected chi connectivity index (χ2v) is 9.09. The van der Waals surface area contributed by atoms with Crippen molar-refractivity contribution in [2.75, 3.05) is 19.6 Å². The monoisotopic (exact) mass is 424 g/mol. The van der Waals surface area contributed by atoms with Gasteiger partial charge >= 0.3 is 0 Å². The number of rotatable bonds is 6. The molecule has 1 aliphatic heterocycles. The molecule has 3 rings (SSSR count). The van der Waals surface area contributed by atoms with Gasteiger partial charge in [0.15, 0.2) is 0 Å². The number of halogens is 2. The molecule has 5 nitrogen and oxygen atoms in total. The summed E-state index contributed by atoms with van der Waals surface area (Å²) >= 11 is 5.85. The van der Waals surface area contributed by atoms with Gasteiger partial charge in [0.25, 0.3) is 5.91 Å². The standard InChI is InChI=1S/C20H22ClFN2O3S/c21-17-2-1-3-19(14-17)28(26,27)23-11-8-15-9-12-24(13-10-15)20(25)16-4-6-18(22)7-5-16/h1-7,14-15,23H,8-13H2. The summed E-state index contributed by atoms with van der Waals surface area (Å²) in [5.41, 5.74) is 0.481. The molecule has 2 aromatic rings. The Morgan fingerprint density at radius 3 is 2.46 bits per heavy atom. The number of benzene rings is 2. The third kappa shape index (κ3) is 5.31. The lowest BCUT2D eigenvalue weighted by molar-refractivity contribution is 0.0687. The summed E-state index contributed by atoms with van der Waals surface area (Å²) in [6.07, 6.45) is 2.33. The summed E-state index contributed by atoms with van der Waals surface area (Å²) in [5, 5.41) is 0.376. The first kappa shape index (κ1) is 20.8. The lowest BCUT2D eigenvalue weighted by atomic mass is 9.93. The van der Waals surface area contributed by atoms with Crippen molar-refractivity contribution in [3.63, 3.8) is 0 Å². The van der Waals surface area contributed by atoms with E-state index in [0.717, 1.165) is 12.8 Å². The molecule has 1 saturated heterocycles. The van der Waals surface area contributed by atoms with Crippen LogP contribution in [0.5, 0.6) is 0 Å². The highest BCUT2D eigenvalue weighted by Gasteiger charge is 2.24. The van der Waals surface area contributed by atoms with E-state index in [9.17, 15) is 17.6 Å². The molecular weight excluding hydrogens is 403 g/mol. The summed E-state index contributed by atoms with van der Waals surface area (Å²) in [6.45, 7) is 1.56. The maximum absolute atomic E-state index is 13.0. The number of carbonyl (C=O) groups excluding carboxylic acids is 1. The number of likely N-dealkylation sites (tertiary alicyclic amines) is 1. The van der Waals surface area contributed by atoms with Gasteiger partial charge in [-0.1, -0.05) is 17.7 Å². The molecule has 0 radical (unpaired) electrons. The Morgan fingerprint density at radius 2 is 1.82 bits per heavy atom. The summed E-state index contributed by atoms with van der Waals surface area (Å²) < 4.78 is 40.2. The maximum atomic E-state index is 13.0. The van der Waals surface area contributed by atoms with Gasteiger partial charge in [-0.05, 0) is 67.6 Å². The van der Waals surface area contributed by atoms with Crippen molar-refractivity contribution < 1.29 is 17.6 Å². The molecule has 0 spiro atoms. The van der Waals surface area contributed by atoms with Gasteiger partial charge in [0.1, 0.15) is 5.82 Å². The van der Waals surface area contributed by atoms with E-state index in [1.807, 2.05) is 0 Å². The van der Waals surface area contributed by atoms with Gasteiger partial charge in [-0.15, -0.1) is 0 Å². The average Bonchev–Trinajstić information content (AvgIpc) is 2.68. The van der Waals surface area contributed by atoms with Crippen LogP contribution in [0.3, 0.4) is 0 Å². The van der Waals surface area contributed by atoms with Gasteiger partial charge in [-0.25, -0.2) is 17.5 Å². The van der Waals surface area contributed by atoms with Crippen molar-refractivity contribution in [2.24, 2.45) is 5.92 Å². The Bertz CT molecular complexity index is 927. The Labute approximate surface area is 169 Å². The molecule has 0 unspecified atom stereocenters. The lowest BCUT2D eigenvalue weighted by Gasteiger charge is -2.32. The van der Waals surface area contributed by atoms with E-state index in [1.54, 1.807) is 17.0 Å². The van der Waals surface area contributed by atoms with Gasteiger partial charge in [0.2, 0.25) is 10.0 Å². The van der Waals surface area contributed by atoms with Crippen molar-refractivity contribution in [3.8, 4) is 0 Å². The van der Waals surface area contributed by atoms with Crippen molar-refractivity contribution >= 4 is 27.5 Å². The first-order valence-corrected chi connectivity index (χ1v) is 11.0. The Morgan fingerprint density at radius 1 is 1.14 bits per heavy atom. The van der Waals surface area contributed by atoms with Crippen molar-refractivity contribution in [2.45, 2.75) is 24.2 Å². The predicted molar refractivity (Wildman–Crippen MR) is 106 cm³/mol. The highest BCUT2D eigenvalue weighted by molar-refractivity contribution is 7.89. The van der Waals surface area contributed by atoms with Gasteiger partial charge in [-0.3, -0.25) is 4.79 Å². The quantitative estimate of drug-likeness (QED) is 0.768. The number of hydrogen-bond donors (Lipinski definition) is 1. The molecule has 1 aliphatic rings. The largest absolute Gasteiger partial charge is 0.339 e. The second-order valence-electron chi connectivity index (χ2n) is 6.89. The summed E-state index contributed by atoms with van der Waals surface area (Å²) in [5.74, 6) is -0.116. The molecule has 0 saturated carbocycles. The van der Waals surface area contributed by atoms with E-state index in [-0.39, 0.29) is 16.6 Å². The van der Waals surface area contributed by atoms with Crippen molar-refractivity contribution in [3.05, 3.63) is 64.9 Å². The molecular formula is C20H22ClFN2O3S. The molecule has 0 atom stereocenters. The van der Waals surface area contributed by atoms with Crippen LogP contribution >= 0.6 is 11.6 Å².